The first-order chi connectivity index (χ1) is 15.2. The summed E-state index contributed by atoms with van der Waals surface area (Å²) in [6.07, 6.45) is 11.4. The molecular formula is C26H42N2O4. The van der Waals surface area contributed by atoms with Gasteiger partial charge in [0, 0.05) is 19.1 Å². The number of hydrogen-bond donors (Lipinski definition) is 2. The minimum absolute atomic E-state index is 0.0140. The second kappa shape index (κ2) is 8.18. The first kappa shape index (κ1) is 22.5. The molecule has 1 saturated heterocycles. The highest BCUT2D eigenvalue weighted by molar-refractivity contribution is 5.71. The molecule has 5 rings (SSSR count). The molecule has 6 heteroatoms. The zero-order valence-electron chi connectivity index (χ0n) is 19.9. The van der Waals surface area contributed by atoms with Gasteiger partial charge in [0.05, 0.1) is 5.92 Å². The van der Waals surface area contributed by atoms with Crippen molar-refractivity contribution in [2.45, 2.75) is 96.6 Å². The molecule has 5 fully saturated rings. The van der Waals surface area contributed by atoms with E-state index in [1.165, 1.54) is 19.3 Å². The van der Waals surface area contributed by atoms with Crippen molar-refractivity contribution in [1.82, 2.24) is 4.90 Å². The van der Waals surface area contributed by atoms with Crippen LogP contribution in [0.25, 0.3) is 0 Å². The summed E-state index contributed by atoms with van der Waals surface area (Å²) in [6, 6.07) is 0.215. The van der Waals surface area contributed by atoms with Crippen molar-refractivity contribution in [3.63, 3.8) is 0 Å². The van der Waals surface area contributed by atoms with Crippen LogP contribution in [0.1, 0.15) is 84.5 Å². The summed E-state index contributed by atoms with van der Waals surface area (Å²) < 4.78 is 6.00. The van der Waals surface area contributed by atoms with Crippen LogP contribution in [0.15, 0.2) is 0 Å². The lowest BCUT2D eigenvalue weighted by atomic mass is 9.44. The zero-order valence-corrected chi connectivity index (χ0v) is 19.9. The average molecular weight is 447 g/mol. The number of piperidine rings is 1. The topological polar surface area (TPSA) is 92.9 Å². The van der Waals surface area contributed by atoms with Gasteiger partial charge in [0.25, 0.3) is 0 Å². The Kier molecular flexibility index (Phi) is 5.75. The van der Waals surface area contributed by atoms with Gasteiger partial charge in [-0.1, -0.05) is 13.8 Å². The summed E-state index contributed by atoms with van der Waals surface area (Å²) in [5.41, 5.74) is 6.28. The van der Waals surface area contributed by atoms with Gasteiger partial charge >= 0.3 is 12.1 Å². The number of likely N-dealkylation sites (tertiary alicyclic amines) is 1. The molecule has 0 aromatic rings. The molecule has 5 aliphatic rings. The van der Waals surface area contributed by atoms with Gasteiger partial charge in [-0.3, -0.25) is 4.79 Å². The van der Waals surface area contributed by atoms with Crippen LogP contribution >= 0.6 is 0 Å². The molecule has 3 N–H and O–H groups in total. The Labute approximate surface area is 192 Å². The third-order valence-electron chi connectivity index (χ3n) is 11.0. The van der Waals surface area contributed by atoms with Crippen LogP contribution in [-0.2, 0) is 9.53 Å². The van der Waals surface area contributed by atoms with Crippen LogP contribution in [0.3, 0.4) is 0 Å². The Morgan fingerprint density at radius 3 is 2.31 bits per heavy atom. The van der Waals surface area contributed by atoms with E-state index in [1.807, 2.05) is 4.90 Å². The lowest BCUT2D eigenvalue weighted by Gasteiger charge is -2.60. The van der Waals surface area contributed by atoms with Gasteiger partial charge < -0.3 is 20.5 Å². The fourth-order valence-corrected chi connectivity index (χ4v) is 9.03. The number of carboxylic acids is 1. The number of nitrogens with zero attached hydrogens (tertiary/aromatic N) is 1. The number of fused-ring (bicyclic) bond motifs is 5. The molecule has 4 aliphatic carbocycles. The molecule has 32 heavy (non-hydrogen) atoms. The van der Waals surface area contributed by atoms with Crippen molar-refractivity contribution < 1.29 is 19.4 Å². The molecule has 1 heterocycles. The normalized spacial score (nSPS) is 46.7. The fourth-order valence-electron chi connectivity index (χ4n) is 9.03. The van der Waals surface area contributed by atoms with Gasteiger partial charge in [0.1, 0.15) is 6.10 Å². The summed E-state index contributed by atoms with van der Waals surface area (Å²) in [5, 5.41) is 9.81. The molecule has 0 aromatic heterocycles. The number of carboxylic acid groups (broad SMARTS) is 1. The van der Waals surface area contributed by atoms with E-state index < -0.39 is 5.97 Å². The maximum Gasteiger partial charge on any atom is 0.410 e. The SMILES string of the molecule is C[C@]12CCC(OC(=O)N3CCC(N)CC3)CC1CC[C@@H]1[C@@H]2CC[C@]2(C)C(C(=O)O)CC[C@@H]12. The van der Waals surface area contributed by atoms with Gasteiger partial charge in [0.15, 0.2) is 0 Å². The smallest absolute Gasteiger partial charge is 0.410 e. The molecule has 0 aromatic carbocycles. The van der Waals surface area contributed by atoms with Crippen molar-refractivity contribution in [2.24, 2.45) is 46.2 Å². The van der Waals surface area contributed by atoms with Gasteiger partial charge in [-0.05, 0) is 105 Å². The fraction of sp³-hybridized carbons (Fsp3) is 0.923. The quantitative estimate of drug-likeness (QED) is 0.644. The Bertz CT molecular complexity index is 750. The molecule has 1 amide bonds. The molecule has 0 spiro atoms. The number of carbonyl (C=O) groups is 2. The number of ether oxygens (including phenoxy) is 1. The minimum Gasteiger partial charge on any atom is -0.481 e. The molecule has 0 bridgehead atoms. The van der Waals surface area contributed by atoms with E-state index in [2.05, 4.69) is 13.8 Å². The Morgan fingerprint density at radius 1 is 0.906 bits per heavy atom. The van der Waals surface area contributed by atoms with Crippen LogP contribution in [-0.4, -0.2) is 47.3 Å². The van der Waals surface area contributed by atoms with Gasteiger partial charge in [-0.2, -0.15) is 0 Å². The lowest BCUT2D eigenvalue weighted by Crippen LogP contribution is -2.54. The van der Waals surface area contributed by atoms with Crippen LogP contribution in [0, 0.1) is 40.4 Å². The van der Waals surface area contributed by atoms with E-state index in [9.17, 15) is 14.7 Å². The molecule has 1 aliphatic heterocycles. The van der Waals surface area contributed by atoms with Crippen molar-refractivity contribution >= 4 is 12.1 Å². The summed E-state index contributed by atoms with van der Waals surface area (Å²) in [4.78, 5) is 26.5. The summed E-state index contributed by atoms with van der Waals surface area (Å²) >= 11 is 0. The summed E-state index contributed by atoms with van der Waals surface area (Å²) in [5.74, 6) is 1.83. The maximum absolute atomic E-state index is 12.7. The van der Waals surface area contributed by atoms with Crippen LogP contribution in [0.5, 0.6) is 0 Å². The van der Waals surface area contributed by atoms with E-state index in [0.717, 1.165) is 64.5 Å². The molecule has 180 valence electrons. The summed E-state index contributed by atoms with van der Waals surface area (Å²) in [7, 11) is 0. The van der Waals surface area contributed by atoms with Gasteiger partial charge in [0.2, 0.25) is 0 Å². The monoisotopic (exact) mass is 446 g/mol. The van der Waals surface area contributed by atoms with Crippen molar-refractivity contribution in [1.29, 1.82) is 0 Å². The number of aliphatic carboxylic acids is 1. The number of amides is 1. The maximum atomic E-state index is 12.7. The van der Waals surface area contributed by atoms with Crippen molar-refractivity contribution in [2.75, 3.05) is 13.1 Å². The highest BCUT2D eigenvalue weighted by Gasteiger charge is 2.61. The highest BCUT2D eigenvalue weighted by atomic mass is 16.6. The lowest BCUT2D eigenvalue weighted by molar-refractivity contribution is -0.154. The van der Waals surface area contributed by atoms with E-state index in [0.29, 0.717) is 29.1 Å². The van der Waals surface area contributed by atoms with Crippen LogP contribution in [0.4, 0.5) is 4.79 Å². The van der Waals surface area contributed by atoms with E-state index in [4.69, 9.17) is 10.5 Å². The first-order valence-corrected chi connectivity index (χ1v) is 13.2. The Balaban J connectivity index is 1.23. The molecule has 3 unspecified atom stereocenters. The number of carbonyl (C=O) groups excluding carboxylic acids is 1. The summed E-state index contributed by atoms with van der Waals surface area (Å²) in [6.45, 7) is 6.22. The van der Waals surface area contributed by atoms with Gasteiger partial charge in [-0.25, -0.2) is 4.79 Å². The third-order valence-corrected chi connectivity index (χ3v) is 11.0. The molecule has 8 atom stereocenters. The predicted molar refractivity (Wildman–Crippen MR) is 122 cm³/mol. The van der Waals surface area contributed by atoms with Gasteiger partial charge in [-0.15, -0.1) is 0 Å². The van der Waals surface area contributed by atoms with E-state index in [1.54, 1.807) is 0 Å². The molecule has 6 nitrogen and oxygen atoms in total. The predicted octanol–water partition coefficient (Wildman–Crippen LogP) is 4.66. The van der Waals surface area contributed by atoms with Crippen LogP contribution in [0.2, 0.25) is 0 Å². The standard InChI is InChI=1S/C26H42N2O4/c1-25-11-7-18(32-24(31)28-13-9-17(27)10-14-28)15-16(25)3-4-19-20-5-6-22(23(29)30)26(20,2)12-8-21(19)25/h16-22H,3-15,27H2,1-2H3,(H,29,30)/t16?,18?,19-,20-,21-,22?,25-,26-/m0/s1. The van der Waals surface area contributed by atoms with Crippen molar-refractivity contribution in [3.8, 4) is 0 Å². The van der Waals surface area contributed by atoms with Crippen LogP contribution < -0.4 is 5.73 Å². The zero-order chi connectivity index (χ0) is 22.7. The largest absolute Gasteiger partial charge is 0.481 e. The minimum atomic E-state index is -0.577. The second-order valence-electron chi connectivity index (χ2n) is 12.3. The molecular weight excluding hydrogens is 404 g/mol. The third kappa shape index (κ3) is 3.56. The second-order valence-corrected chi connectivity index (χ2v) is 12.3. The number of nitrogens with two attached hydrogens (primary N) is 1. The number of rotatable bonds is 2. The molecule has 0 radical (unpaired) electrons. The number of hydrogen-bond acceptors (Lipinski definition) is 4. The Morgan fingerprint density at radius 2 is 1.59 bits per heavy atom. The average Bonchev–Trinajstić information content (AvgIpc) is 3.12. The van der Waals surface area contributed by atoms with E-state index in [-0.39, 0.29) is 29.6 Å². The van der Waals surface area contributed by atoms with Crippen molar-refractivity contribution in [3.05, 3.63) is 0 Å². The molecule has 4 saturated carbocycles. The first-order valence-electron chi connectivity index (χ1n) is 13.2. The highest BCUT2D eigenvalue weighted by Crippen LogP contribution is 2.67. The van der Waals surface area contributed by atoms with E-state index >= 15 is 0 Å². The Hall–Kier alpha value is -1.30.